The van der Waals surface area contributed by atoms with Crippen molar-refractivity contribution in [1.29, 1.82) is 0 Å². The van der Waals surface area contributed by atoms with Crippen LogP contribution in [0.15, 0.2) is 22.4 Å². The highest BCUT2D eigenvalue weighted by molar-refractivity contribution is 6.03. The number of carbonyl (C=O) groups excluding carboxylic acids is 1. The molecule has 0 atom stereocenters. The van der Waals surface area contributed by atoms with E-state index in [1.54, 1.807) is 19.2 Å². The Morgan fingerprint density at radius 3 is 2.78 bits per heavy atom. The fourth-order valence-electron chi connectivity index (χ4n) is 3.04. The van der Waals surface area contributed by atoms with Crippen molar-refractivity contribution >= 4 is 11.5 Å². The number of fused-ring (bicyclic) bond motifs is 1. The van der Waals surface area contributed by atoms with Crippen molar-refractivity contribution in [3.63, 3.8) is 0 Å². The maximum absolute atomic E-state index is 11.8. The number of hydrogen-bond donors (Lipinski definition) is 0. The number of piperidine rings is 1. The fourth-order valence-corrected chi connectivity index (χ4v) is 3.04. The molecule has 124 valence electrons. The predicted molar refractivity (Wildman–Crippen MR) is 87.1 cm³/mol. The summed E-state index contributed by atoms with van der Waals surface area (Å²) in [6.45, 7) is 4.18. The van der Waals surface area contributed by atoms with Crippen molar-refractivity contribution < 1.29 is 14.3 Å². The lowest BCUT2D eigenvalue weighted by Gasteiger charge is -2.26. The van der Waals surface area contributed by atoms with E-state index in [0.29, 0.717) is 29.4 Å². The second-order valence-corrected chi connectivity index (χ2v) is 5.95. The van der Waals surface area contributed by atoms with Crippen LogP contribution in [0, 0.1) is 0 Å². The molecule has 0 amide bonds. The molecule has 2 aliphatic rings. The number of hydrogen-bond acceptors (Lipinski definition) is 6. The lowest BCUT2D eigenvalue weighted by molar-refractivity contribution is 0.0997. The number of methoxy groups -OCH3 is 1. The van der Waals surface area contributed by atoms with E-state index in [0.717, 1.165) is 13.0 Å². The zero-order chi connectivity index (χ0) is 16.1. The minimum absolute atomic E-state index is 0.0371. The number of ether oxygens (including phenoxy) is 2. The van der Waals surface area contributed by atoms with Crippen LogP contribution in [0.2, 0.25) is 0 Å². The molecule has 0 spiro atoms. The Bertz CT molecular complexity index is 595. The predicted octanol–water partition coefficient (Wildman–Crippen LogP) is 3.23. The minimum Gasteiger partial charge on any atom is -0.493 e. The van der Waals surface area contributed by atoms with Crippen LogP contribution >= 0.6 is 0 Å². The smallest absolute Gasteiger partial charge is 0.188 e. The summed E-state index contributed by atoms with van der Waals surface area (Å²) in [5.74, 6) is 1.16. The zero-order valence-corrected chi connectivity index (χ0v) is 13.6. The summed E-state index contributed by atoms with van der Waals surface area (Å²) in [7, 11) is 1.58. The molecule has 0 N–H and O–H groups in total. The number of Topliss-reactive ketones (excluding diaryl/α,β-unsaturated/α-hetero) is 1. The Labute approximate surface area is 136 Å². The molecule has 0 bridgehead atoms. The van der Waals surface area contributed by atoms with Gasteiger partial charge >= 0.3 is 0 Å². The normalized spacial score (nSPS) is 17.9. The standard InChI is InChI=1S/C17H23N3O3/c1-22-16-10-13-14(19-18-12-15(13)21)11-17(16)23-9-5-8-20-6-3-2-4-7-20/h10-11H,2-9,12H2,1H3. The van der Waals surface area contributed by atoms with Gasteiger partial charge in [0.2, 0.25) is 0 Å². The third kappa shape index (κ3) is 3.88. The lowest BCUT2D eigenvalue weighted by atomic mass is 10.1. The van der Waals surface area contributed by atoms with Gasteiger partial charge in [0, 0.05) is 12.6 Å². The first-order valence-electron chi connectivity index (χ1n) is 8.26. The van der Waals surface area contributed by atoms with E-state index < -0.39 is 0 Å². The summed E-state index contributed by atoms with van der Waals surface area (Å²) < 4.78 is 11.2. The Morgan fingerprint density at radius 1 is 1.17 bits per heavy atom. The first kappa shape index (κ1) is 15.9. The van der Waals surface area contributed by atoms with Crippen LogP contribution in [0.3, 0.4) is 0 Å². The summed E-state index contributed by atoms with van der Waals surface area (Å²) in [4.78, 5) is 14.3. The van der Waals surface area contributed by atoms with Crippen molar-refractivity contribution in [3.05, 3.63) is 17.7 Å². The van der Waals surface area contributed by atoms with E-state index in [4.69, 9.17) is 9.47 Å². The first-order chi connectivity index (χ1) is 11.3. The molecular formula is C17H23N3O3. The Kier molecular flexibility index (Phi) is 5.23. The SMILES string of the molecule is COc1cc2c(cc1OCCCN1CCCCC1)N=NCC2=O. The number of carbonyl (C=O) groups is 1. The molecule has 0 unspecified atom stereocenters. The molecule has 1 saturated heterocycles. The number of rotatable bonds is 6. The molecular weight excluding hydrogens is 294 g/mol. The van der Waals surface area contributed by atoms with Crippen LogP contribution in [0.1, 0.15) is 36.0 Å². The molecule has 6 heteroatoms. The van der Waals surface area contributed by atoms with E-state index >= 15 is 0 Å². The van der Waals surface area contributed by atoms with E-state index in [1.807, 2.05) is 0 Å². The average molecular weight is 317 g/mol. The van der Waals surface area contributed by atoms with Gasteiger partial charge in [-0.2, -0.15) is 10.2 Å². The summed E-state index contributed by atoms with van der Waals surface area (Å²) in [6.07, 6.45) is 4.93. The molecule has 3 rings (SSSR count). The maximum Gasteiger partial charge on any atom is 0.188 e. The van der Waals surface area contributed by atoms with Crippen LogP contribution in [-0.2, 0) is 0 Å². The number of azo groups is 1. The molecule has 2 aliphatic heterocycles. The summed E-state index contributed by atoms with van der Waals surface area (Å²) in [5, 5.41) is 7.87. The third-order valence-electron chi connectivity index (χ3n) is 4.30. The van der Waals surface area contributed by atoms with Gasteiger partial charge in [-0.25, -0.2) is 0 Å². The molecule has 2 heterocycles. The minimum atomic E-state index is -0.0371. The zero-order valence-electron chi connectivity index (χ0n) is 13.6. The largest absolute Gasteiger partial charge is 0.493 e. The summed E-state index contributed by atoms with van der Waals surface area (Å²) in [6, 6.07) is 3.45. The number of nitrogens with zero attached hydrogens (tertiary/aromatic N) is 3. The summed E-state index contributed by atoms with van der Waals surface area (Å²) in [5.41, 5.74) is 1.12. The second kappa shape index (κ2) is 7.55. The van der Waals surface area contributed by atoms with Crippen molar-refractivity contribution in [2.75, 3.05) is 39.9 Å². The van der Waals surface area contributed by atoms with E-state index in [2.05, 4.69) is 15.1 Å². The van der Waals surface area contributed by atoms with Gasteiger partial charge < -0.3 is 14.4 Å². The molecule has 0 aromatic heterocycles. The van der Waals surface area contributed by atoms with E-state index in [9.17, 15) is 4.79 Å². The van der Waals surface area contributed by atoms with Crippen molar-refractivity contribution in [2.45, 2.75) is 25.7 Å². The first-order valence-corrected chi connectivity index (χ1v) is 8.26. The molecule has 1 aromatic carbocycles. The van der Waals surface area contributed by atoms with Crippen LogP contribution < -0.4 is 9.47 Å². The lowest BCUT2D eigenvalue weighted by Crippen LogP contribution is -2.31. The van der Waals surface area contributed by atoms with E-state index in [-0.39, 0.29) is 12.3 Å². The van der Waals surface area contributed by atoms with Gasteiger partial charge in [0.05, 0.1) is 19.3 Å². The van der Waals surface area contributed by atoms with Gasteiger partial charge in [-0.1, -0.05) is 6.42 Å². The molecule has 1 fully saturated rings. The maximum atomic E-state index is 11.8. The monoisotopic (exact) mass is 317 g/mol. The van der Waals surface area contributed by atoms with Crippen molar-refractivity contribution in [1.82, 2.24) is 4.90 Å². The highest BCUT2D eigenvalue weighted by Gasteiger charge is 2.20. The van der Waals surface area contributed by atoms with Gasteiger partial charge in [0.15, 0.2) is 17.3 Å². The van der Waals surface area contributed by atoms with Crippen LogP contribution in [0.4, 0.5) is 5.69 Å². The highest BCUT2D eigenvalue weighted by Crippen LogP contribution is 2.36. The van der Waals surface area contributed by atoms with Gasteiger partial charge in [-0.15, -0.1) is 0 Å². The number of benzene rings is 1. The topological polar surface area (TPSA) is 63.5 Å². The van der Waals surface area contributed by atoms with Crippen LogP contribution in [0.25, 0.3) is 0 Å². The second-order valence-electron chi connectivity index (χ2n) is 5.95. The van der Waals surface area contributed by atoms with Crippen LogP contribution in [0.5, 0.6) is 11.5 Å². The Morgan fingerprint density at radius 2 is 2.00 bits per heavy atom. The molecule has 1 aromatic rings. The number of likely N-dealkylation sites (tertiary alicyclic amines) is 1. The van der Waals surface area contributed by atoms with Gasteiger partial charge in [-0.05, 0) is 38.4 Å². The Balaban J connectivity index is 1.59. The third-order valence-corrected chi connectivity index (χ3v) is 4.30. The quantitative estimate of drug-likeness (QED) is 0.756. The summed E-state index contributed by atoms with van der Waals surface area (Å²) >= 11 is 0. The molecule has 0 radical (unpaired) electrons. The van der Waals surface area contributed by atoms with Crippen molar-refractivity contribution in [3.8, 4) is 11.5 Å². The van der Waals surface area contributed by atoms with Crippen molar-refractivity contribution in [2.24, 2.45) is 10.2 Å². The molecule has 0 saturated carbocycles. The average Bonchev–Trinajstić information content (AvgIpc) is 2.59. The highest BCUT2D eigenvalue weighted by atomic mass is 16.5. The van der Waals surface area contributed by atoms with Gasteiger partial charge in [0.25, 0.3) is 0 Å². The fraction of sp³-hybridized carbons (Fsp3) is 0.588. The van der Waals surface area contributed by atoms with Gasteiger partial charge in [-0.3, -0.25) is 4.79 Å². The molecule has 0 aliphatic carbocycles. The van der Waals surface area contributed by atoms with Crippen LogP contribution in [-0.4, -0.2) is 50.6 Å². The van der Waals surface area contributed by atoms with E-state index in [1.165, 1.54) is 32.4 Å². The number of ketones is 1. The molecule has 6 nitrogen and oxygen atoms in total. The molecule has 23 heavy (non-hydrogen) atoms. The Hall–Kier alpha value is -1.95. The van der Waals surface area contributed by atoms with Gasteiger partial charge in [0.1, 0.15) is 12.2 Å².